The van der Waals surface area contributed by atoms with Gasteiger partial charge in [-0.15, -0.1) is 0 Å². The molecule has 0 unspecified atom stereocenters. The molecule has 0 heterocycles. The lowest BCUT2D eigenvalue weighted by molar-refractivity contribution is -0.143. The predicted molar refractivity (Wildman–Crippen MR) is 95.7 cm³/mol. The average Bonchev–Trinajstić information content (AvgIpc) is 2.54. The molecule has 0 saturated heterocycles. The summed E-state index contributed by atoms with van der Waals surface area (Å²) < 4.78 is 77.6. The first-order chi connectivity index (χ1) is 12.9. The lowest BCUT2D eigenvalue weighted by atomic mass is 9.90. The van der Waals surface area contributed by atoms with Crippen LogP contribution in [-0.2, 0) is 17.1 Å². The molecule has 0 bridgehead atoms. The van der Waals surface area contributed by atoms with E-state index >= 15 is 0 Å². The second-order valence-electron chi connectivity index (χ2n) is 6.59. The van der Waals surface area contributed by atoms with E-state index in [2.05, 4.69) is 16.0 Å². The molecule has 2 atom stereocenters. The minimum Gasteiger partial charge on any atom is -0.358 e. The SMILES string of the molecule is CC(=O)N[C@@H]1CCCC[C@H]1NC(=S)Nc1cc(C(F)(F)F)cc(C(F)(F)F)c1. The molecule has 0 radical (unpaired) electrons. The molecule has 1 aliphatic rings. The third kappa shape index (κ3) is 6.25. The Morgan fingerprint density at radius 1 is 0.929 bits per heavy atom. The van der Waals surface area contributed by atoms with Gasteiger partial charge >= 0.3 is 12.4 Å². The number of halogens is 6. The molecule has 3 N–H and O–H groups in total. The van der Waals surface area contributed by atoms with Crippen molar-refractivity contribution in [3.63, 3.8) is 0 Å². The van der Waals surface area contributed by atoms with Crippen molar-refractivity contribution in [3.05, 3.63) is 29.3 Å². The first-order valence-electron chi connectivity index (χ1n) is 8.50. The molecule has 1 aromatic carbocycles. The molecule has 1 fully saturated rings. The number of nitrogens with one attached hydrogen (secondary N) is 3. The van der Waals surface area contributed by atoms with Crippen LogP contribution in [0.3, 0.4) is 0 Å². The molecule has 0 spiro atoms. The summed E-state index contributed by atoms with van der Waals surface area (Å²) in [5, 5.41) is 7.93. The molecule has 1 amide bonds. The fraction of sp³-hybridized carbons (Fsp3) is 0.529. The van der Waals surface area contributed by atoms with Crippen LogP contribution in [0.15, 0.2) is 18.2 Å². The Bertz CT molecular complexity index is 702. The van der Waals surface area contributed by atoms with Crippen molar-refractivity contribution >= 4 is 28.9 Å². The normalized spacial score (nSPS) is 20.4. The summed E-state index contributed by atoms with van der Waals surface area (Å²) in [4.78, 5) is 11.3. The van der Waals surface area contributed by atoms with Crippen molar-refractivity contribution in [3.8, 4) is 0 Å². The Balaban J connectivity index is 2.17. The van der Waals surface area contributed by atoms with Crippen LogP contribution in [0.2, 0.25) is 0 Å². The number of thiocarbonyl (C=S) groups is 1. The molecule has 1 saturated carbocycles. The monoisotopic (exact) mass is 427 g/mol. The first kappa shape index (κ1) is 22.3. The van der Waals surface area contributed by atoms with Crippen LogP contribution < -0.4 is 16.0 Å². The Morgan fingerprint density at radius 3 is 1.82 bits per heavy atom. The second kappa shape index (κ2) is 8.54. The van der Waals surface area contributed by atoms with E-state index in [1.54, 1.807) is 0 Å². The number of carbonyl (C=O) groups excluding carboxylic acids is 1. The minimum atomic E-state index is -4.94. The molecule has 0 aromatic heterocycles. The summed E-state index contributed by atoms with van der Waals surface area (Å²) >= 11 is 5.06. The van der Waals surface area contributed by atoms with Crippen molar-refractivity contribution in [1.82, 2.24) is 10.6 Å². The van der Waals surface area contributed by atoms with Crippen molar-refractivity contribution < 1.29 is 31.1 Å². The molecule has 156 valence electrons. The molecule has 28 heavy (non-hydrogen) atoms. The van der Waals surface area contributed by atoms with Gasteiger partial charge in [0.25, 0.3) is 0 Å². The van der Waals surface area contributed by atoms with Crippen LogP contribution in [0.5, 0.6) is 0 Å². The van der Waals surface area contributed by atoms with E-state index in [0.29, 0.717) is 25.0 Å². The largest absolute Gasteiger partial charge is 0.416 e. The Morgan fingerprint density at radius 2 is 1.39 bits per heavy atom. The number of amides is 1. The van der Waals surface area contributed by atoms with E-state index in [1.165, 1.54) is 6.92 Å². The third-order valence-electron chi connectivity index (χ3n) is 4.32. The number of benzene rings is 1. The molecule has 11 heteroatoms. The van der Waals surface area contributed by atoms with Crippen LogP contribution in [0.4, 0.5) is 32.0 Å². The number of hydrogen-bond acceptors (Lipinski definition) is 2. The number of hydrogen-bond donors (Lipinski definition) is 3. The first-order valence-corrected chi connectivity index (χ1v) is 8.91. The zero-order valence-electron chi connectivity index (χ0n) is 14.8. The highest BCUT2D eigenvalue weighted by Gasteiger charge is 2.37. The number of anilines is 1. The zero-order chi connectivity index (χ0) is 21.1. The van der Waals surface area contributed by atoms with E-state index in [4.69, 9.17) is 12.2 Å². The van der Waals surface area contributed by atoms with Crippen LogP contribution in [0, 0.1) is 0 Å². The summed E-state index contributed by atoms with van der Waals surface area (Å²) in [7, 11) is 0. The average molecular weight is 427 g/mol. The Kier molecular flexibility index (Phi) is 6.79. The van der Waals surface area contributed by atoms with E-state index in [1.807, 2.05) is 0 Å². The Hall–Kier alpha value is -2.04. The molecule has 1 aliphatic carbocycles. The van der Waals surface area contributed by atoms with Crippen molar-refractivity contribution in [2.24, 2.45) is 0 Å². The van der Waals surface area contributed by atoms with Gasteiger partial charge in [0.1, 0.15) is 0 Å². The summed E-state index contributed by atoms with van der Waals surface area (Å²) in [6.07, 6.45) is -6.77. The van der Waals surface area contributed by atoms with Gasteiger partial charge in [0, 0.05) is 24.7 Å². The quantitative estimate of drug-likeness (QED) is 0.493. The van der Waals surface area contributed by atoms with Crippen LogP contribution in [-0.4, -0.2) is 23.1 Å². The topological polar surface area (TPSA) is 53.2 Å². The smallest absolute Gasteiger partial charge is 0.358 e. The predicted octanol–water partition coefficient (Wildman–Crippen LogP) is 4.46. The van der Waals surface area contributed by atoms with E-state index in [-0.39, 0.29) is 29.2 Å². The van der Waals surface area contributed by atoms with E-state index in [0.717, 1.165) is 12.8 Å². The zero-order valence-corrected chi connectivity index (χ0v) is 15.6. The van der Waals surface area contributed by atoms with Crippen LogP contribution in [0.25, 0.3) is 0 Å². The highest BCUT2D eigenvalue weighted by molar-refractivity contribution is 7.80. The fourth-order valence-electron chi connectivity index (χ4n) is 3.10. The van der Waals surface area contributed by atoms with Crippen LogP contribution >= 0.6 is 12.2 Å². The molecule has 1 aromatic rings. The lowest BCUT2D eigenvalue weighted by Gasteiger charge is -2.33. The van der Waals surface area contributed by atoms with Gasteiger partial charge in [-0.1, -0.05) is 12.8 Å². The van der Waals surface area contributed by atoms with Crippen molar-refractivity contribution in [2.75, 3.05) is 5.32 Å². The maximum Gasteiger partial charge on any atom is 0.416 e. The van der Waals surface area contributed by atoms with E-state index < -0.39 is 29.2 Å². The maximum absolute atomic E-state index is 12.9. The van der Waals surface area contributed by atoms with Crippen molar-refractivity contribution in [1.29, 1.82) is 0 Å². The number of rotatable bonds is 3. The van der Waals surface area contributed by atoms with Crippen LogP contribution in [0.1, 0.15) is 43.7 Å². The van der Waals surface area contributed by atoms with Gasteiger partial charge in [0.15, 0.2) is 5.11 Å². The second-order valence-corrected chi connectivity index (χ2v) is 7.00. The fourth-order valence-corrected chi connectivity index (χ4v) is 3.37. The lowest BCUT2D eigenvalue weighted by Crippen LogP contribution is -2.53. The van der Waals surface area contributed by atoms with E-state index in [9.17, 15) is 31.1 Å². The van der Waals surface area contributed by atoms with Gasteiger partial charge in [0.05, 0.1) is 11.1 Å². The molecule has 0 aliphatic heterocycles. The third-order valence-corrected chi connectivity index (χ3v) is 4.54. The molecular formula is C17H19F6N3OS. The standard InChI is InChI=1S/C17H19F6N3OS/c1-9(27)24-13-4-2-3-5-14(13)26-15(28)25-12-7-10(16(18,19)20)6-11(8-12)17(21,22)23/h6-8,13-14H,2-5H2,1H3,(H,24,27)(H2,25,26,28)/t13-,14-/m1/s1. The van der Waals surface area contributed by atoms with Gasteiger partial charge in [-0.3, -0.25) is 4.79 Å². The van der Waals surface area contributed by atoms with Gasteiger partial charge in [0.2, 0.25) is 5.91 Å². The summed E-state index contributed by atoms with van der Waals surface area (Å²) in [5.41, 5.74) is -3.28. The summed E-state index contributed by atoms with van der Waals surface area (Å²) in [6.45, 7) is 1.36. The highest BCUT2D eigenvalue weighted by atomic mass is 32.1. The number of alkyl halides is 6. The highest BCUT2D eigenvalue weighted by Crippen LogP contribution is 2.37. The van der Waals surface area contributed by atoms with Crippen molar-refractivity contribution in [2.45, 2.75) is 57.0 Å². The number of carbonyl (C=O) groups is 1. The molecular weight excluding hydrogens is 408 g/mol. The summed E-state index contributed by atoms with van der Waals surface area (Å²) in [5.74, 6) is -0.231. The maximum atomic E-state index is 12.9. The summed E-state index contributed by atoms with van der Waals surface area (Å²) in [6, 6.07) is 0.684. The molecule has 4 nitrogen and oxygen atoms in total. The van der Waals surface area contributed by atoms with Gasteiger partial charge in [-0.2, -0.15) is 26.3 Å². The van der Waals surface area contributed by atoms with Gasteiger partial charge in [-0.05, 0) is 43.3 Å². The Labute approximate surface area is 163 Å². The molecule has 2 rings (SSSR count). The van der Waals surface area contributed by atoms with Gasteiger partial charge in [-0.25, -0.2) is 0 Å². The van der Waals surface area contributed by atoms with Gasteiger partial charge < -0.3 is 16.0 Å². The minimum absolute atomic E-state index is 0.0512.